The fourth-order valence-electron chi connectivity index (χ4n) is 1.86. The van der Waals surface area contributed by atoms with Crippen LogP contribution < -0.4 is 10.6 Å². The number of hydrogen-bond donors (Lipinski definition) is 3. The summed E-state index contributed by atoms with van der Waals surface area (Å²) in [7, 11) is 0. The highest BCUT2D eigenvalue weighted by atomic mass is 16.2. The van der Waals surface area contributed by atoms with Crippen molar-refractivity contribution < 1.29 is 4.79 Å². The highest BCUT2D eigenvalue weighted by Gasteiger charge is 2.28. The molecule has 15 heavy (non-hydrogen) atoms. The molecule has 0 aliphatic carbocycles. The number of aromatic amines is 1. The first-order chi connectivity index (χ1) is 7.27. The molecule has 0 spiro atoms. The van der Waals surface area contributed by atoms with E-state index in [9.17, 15) is 4.79 Å². The Labute approximate surface area is 88.7 Å². The fraction of sp³-hybridized carbons (Fsp3) is 0.600. The Bertz CT molecular complexity index is 322. The van der Waals surface area contributed by atoms with Crippen LogP contribution in [0.1, 0.15) is 19.2 Å². The molecule has 1 aromatic rings. The van der Waals surface area contributed by atoms with Crippen molar-refractivity contribution >= 4 is 5.91 Å². The highest BCUT2D eigenvalue weighted by molar-refractivity contribution is 5.82. The van der Waals surface area contributed by atoms with Gasteiger partial charge in [-0.3, -0.25) is 4.79 Å². The van der Waals surface area contributed by atoms with E-state index in [0.717, 1.165) is 18.8 Å². The van der Waals surface area contributed by atoms with Gasteiger partial charge >= 0.3 is 0 Å². The topological polar surface area (TPSA) is 69.8 Å². The van der Waals surface area contributed by atoms with E-state index in [1.54, 1.807) is 12.4 Å². The Hall–Kier alpha value is -1.36. The summed E-state index contributed by atoms with van der Waals surface area (Å²) in [4.78, 5) is 18.7. The van der Waals surface area contributed by atoms with Crippen molar-refractivity contribution in [2.24, 2.45) is 5.92 Å². The van der Waals surface area contributed by atoms with Gasteiger partial charge in [0.1, 0.15) is 5.82 Å². The first-order valence-electron chi connectivity index (χ1n) is 5.26. The highest BCUT2D eigenvalue weighted by Crippen LogP contribution is 2.14. The summed E-state index contributed by atoms with van der Waals surface area (Å²) in [5.41, 5.74) is 0. The minimum absolute atomic E-state index is 0.0417. The molecule has 0 radical (unpaired) electrons. The van der Waals surface area contributed by atoms with Gasteiger partial charge in [0.25, 0.3) is 0 Å². The van der Waals surface area contributed by atoms with Crippen molar-refractivity contribution in [1.29, 1.82) is 0 Å². The predicted octanol–water partition coefficient (Wildman–Crippen LogP) is 0.0239. The van der Waals surface area contributed by atoms with Crippen molar-refractivity contribution in [2.45, 2.75) is 25.9 Å². The summed E-state index contributed by atoms with van der Waals surface area (Å²) in [6, 6.07) is -0.0417. The molecule has 82 valence electrons. The van der Waals surface area contributed by atoms with Crippen LogP contribution in [-0.4, -0.2) is 28.5 Å². The summed E-state index contributed by atoms with van der Waals surface area (Å²) in [5.74, 6) is 1.27. The maximum absolute atomic E-state index is 11.7. The molecular weight excluding hydrogens is 192 g/mol. The average molecular weight is 208 g/mol. The molecule has 5 heteroatoms. The molecule has 0 saturated carbocycles. The van der Waals surface area contributed by atoms with E-state index in [4.69, 9.17) is 0 Å². The molecule has 5 nitrogen and oxygen atoms in total. The lowest BCUT2D eigenvalue weighted by Gasteiger charge is -2.14. The SMILES string of the molecule is CC1CCNC1C(=O)NCc1ncc[nH]1. The maximum Gasteiger partial charge on any atom is 0.237 e. The van der Waals surface area contributed by atoms with Crippen LogP contribution in [0, 0.1) is 5.92 Å². The van der Waals surface area contributed by atoms with E-state index in [2.05, 4.69) is 27.5 Å². The van der Waals surface area contributed by atoms with Gasteiger partial charge in [-0.25, -0.2) is 4.98 Å². The quantitative estimate of drug-likeness (QED) is 0.656. The smallest absolute Gasteiger partial charge is 0.237 e. The monoisotopic (exact) mass is 208 g/mol. The predicted molar refractivity (Wildman–Crippen MR) is 56.0 cm³/mol. The van der Waals surface area contributed by atoms with Gasteiger partial charge in [0.05, 0.1) is 12.6 Å². The van der Waals surface area contributed by atoms with Crippen molar-refractivity contribution in [3.63, 3.8) is 0 Å². The Kier molecular flexibility index (Phi) is 3.01. The average Bonchev–Trinajstić information content (AvgIpc) is 2.84. The number of hydrogen-bond acceptors (Lipinski definition) is 3. The van der Waals surface area contributed by atoms with Crippen molar-refractivity contribution in [2.75, 3.05) is 6.54 Å². The molecule has 1 saturated heterocycles. The lowest BCUT2D eigenvalue weighted by atomic mass is 10.0. The second kappa shape index (κ2) is 4.44. The Balaban J connectivity index is 1.82. The van der Waals surface area contributed by atoms with Gasteiger partial charge < -0.3 is 15.6 Å². The second-order valence-electron chi connectivity index (χ2n) is 3.95. The van der Waals surface area contributed by atoms with Crippen LogP contribution in [0.25, 0.3) is 0 Å². The van der Waals surface area contributed by atoms with E-state index in [-0.39, 0.29) is 11.9 Å². The van der Waals surface area contributed by atoms with Gasteiger partial charge in [-0.1, -0.05) is 6.92 Å². The first kappa shape index (κ1) is 10.2. The molecule has 0 aromatic carbocycles. The molecule has 1 aliphatic rings. The molecule has 2 atom stereocenters. The van der Waals surface area contributed by atoms with Crippen LogP contribution in [0.2, 0.25) is 0 Å². The minimum Gasteiger partial charge on any atom is -0.348 e. The molecule has 3 N–H and O–H groups in total. The van der Waals surface area contributed by atoms with Gasteiger partial charge in [0, 0.05) is 12.4 Å². The third kappa shape index (κ3) is 2.36. The fourth-order valence-corrected chi connectivity index (χ4v) is 1.86. The number of carbonyl (C=O) groups is 1. The molecule has 1 amide bonds. The molecule has 2 unspecified atom stereocenters. The number of amides is 1. The Morgan fingerprint density at radius 3 is 3.20 bits per heavy atom. The molecule has 1 aromatic heterocycles. The van der Waals surface area contributed by atoms with Crippen molar-refractivity contribution in [3.8, 4) is 0 Å². The Morgan fingerprint density at radius 1 is 1.73 bits per heavy atom. The molecule has 2 rings (SSSR count). The van der Waals surface area contributed by atoms with Crippen LogP contribution in [0.3, 0.4) is 0 Å². The van der Waals surface area contributed by atoms with Crippen LogP contribution in [0.4, 0.5) is 0 Å². The zero-order valence-electron chi connectivity index (χ0n) is 8.79. The third-order valence-corrected chi connectivity index (χ3v) is 2.80. The maximum atomic E-state index is 11.7. The molecule has 0 bridgehead atoms. The number of nitrogens with one attached hydrogen (secondary N) is 3. The van der Waals surface area contributed by atoms with Crippen LogP contribution in [0.15, 0.2) is 12.4 Å². The van der Waals surface area contributed by atoms with Gasteiger partial charge in [-0.15, -0.1) is 0 Å². The third-order valence-electron chi connectivity index (χ3n) is 2.80. The van der Waals surface area contributed by atoms with Gasteiger partial charge in [0.15, 0.2) is 0 Å². The summed E-state index contributed by atoms with van der Waals surface area (Å²) < 4.78 is 0. The summed E-state index contributed by atoms with van der Waals surface area (Å²) >= 11 is 0. The van der Waals surface area contributed by atoms with E-state index in [1.165, 1.54) is 0 Å². The molecule has 1 fully saturated rings. The van der Waals surface area contributed by atoms with Crippen molar-refractivity contribution in [3.05, 3.63) is 18.2 Å². The van der Waals surface area contributed by atoms with E-state index in [1.807, 2.05) is 0 Å². The number of carbonyl (C=O) groups excluding carboxylic acids is 1. The summed E-state index contributed by atoms with van der Waals surface area (Å²) in [5, 5.41) is 6.06. The van der Waals surface area contributed by atoms with Crippen LogP contribution in [-0.2, 0) is 11.3 Å². The largest absolute Gasteiger partial charge is 0.348 e. The van der Waals surface area contributed by atoms with Gasteiger partial charge in [-0.2, -0.15) is 0 Å². The number of aromatic nitrogens is 2. The summed E-state index contributed by atoms with van der Waals surface area (Å²) in [6.45, 7) is 3.49. The summed E-state index contributed by atoms with van der Waals surface area (Å²) in [6.07, 6.45) is 4.49. The van der Waals surface area contributed by atoms with Gasteiger partial charge in [-0.05, 0) is 18.9 Å². The zero-order chi connectivity index (χ0) is 10.7. The number of nitrogens with zero attached hydrogens (tertiary/aromatic N) is 1. The minimum atomic E-state index is -0.0417. The van der Waals surface area contributed by atoms with E-state index >= 15 is 0 Å². The number of H-pyrrole nitrogens is 1. The molecule has 2 heterocycles. The van der Waals surface area contributed by atoms with E-state index < -0.39 is 0 Å². The van der Waals surface area contributed by atoms with Crippen LogP contribution >= 0.6 is 0 Å². The van der Waals surface area contributed by atoms with E-state index in [0.29, 0.717) is 12.5 Å². The van der Waals surface area contributed by atoms with Crippen LogP contribution in [0.5, 0.6) is 0 Å². The Morgan fingerprint density at radius 2 is 2.60 bits per heavy atom. The standard InChI is InChI=1S/C10H16N4O/c1-7-2-3-13-9(7)10(15)14-6-8-11-4-5-12-8/h4-5,7,9,13H,2-3,6H2,1H3,(H,11,12)(H,14,15). The molecule has 1 aliphatic heterocycles. The number of imidazole rings is 1. The zero-order valence-corrected chi connectivity index (χ0v) is 8.79. The van der Waals surface area contributed by atoms with Crippen molar-refractivity contribution in [1.82, 2.24) is 20.6 Å². The lowest BCUT2D eigenvalue weighted by Crippen LogP contribution is -2.43. The second-order valence-corrected chi connectivity index (χ2v) is 3.95. The normalized spacial score (nSPS) is 25.4. The first-order valence-corrected chi connectivity index (χ1v) is 5.26. The lowest BCUT2D eigenvalue weighted by molar-refractivity contribution is -0.123. The van der Waals surface area contributed by atoms with Gasteiger partial charge in [0.2, 0.25) is 5.91 Å². The molecular formula is C10H16N4O. The number of rotatable bonds is 3.